The number of hydrogen-bond donors (Lipinski definition) is 1. The first-order valence-electron chi connectivity index (χ1n) is 9.22. The molecule has 0 spiro atoms. The standard InChI is InChI=1S/C19H28N4O2/c20-17(16-6-2-1-3-7-16)14-18(24)22-10-12-23(13-11-22)19(25)15-21-8-4-5-9-21/h1-3,6-7,17H,4-5,8-15,20H2. The van der Waals surface area contributed by atoms with Crippen molar-refractivity contribution in [2.45, 2.75) is 25.3 Å². The van der Waals surface area contributed by atoms with Gasteiger partial charge >= 0.3 is 0 Å². The molecule has 2 fully saturated rings. The van der Waals surface area contributed by atoms with Crippen LogP contribution in [0.3, 0.4) is 0 Å². The summed E-state index contributed by atoms with van der Waals surface area (Å²) in [7, 11) is 0. The van der Waals surface area contributed by atoms with Crippen LogP contribution in [-0.2, 0) is 9.59 Å². The topological polar surface area (TPSA) is 69.9 Å². The van der Waals surface area contributed by atoms with Crippen LogP contribution in [0.25, 0.3) is 0 Å². The van der Waals surface area contributed by atoms with Crippen LogP contribution in [0.2, 0.25) is 0 Å². The van der Waals surface area contributed by atoms with Crippen molar-refractivity contribution in [3.8, 4) is 0 Å². The second-order valence-corrected chi connectivity index (χ2v) is 6.97. The van der Waals surface area contributed by atoms with Crippen molar-refractivity contribution in [2.24, 2.45) is 5.73 Å². The molecule has 136 valence electrons. The molecule has 0 saturated carbocycles. The zero-order chi connectivity index (χ0) is 17.6. The number of nitrogens with zero attached hydrogens (tertiary/aromatic N) is 3. The molecule has 2 aliphatic heterocycles. The summed E-state index contributed by atoms with van der Waals surface area (Å²) in [6, 6.07) is 9.44. The van der Waals surface area contributed by atoms with E-state index < -0.39 is 0 Å². The van der Waals surface area contributed by atoms with Gasteiger partial charge in [-0.1, -0.05) is 30.3 Å². The number of nitrogens with two attached hydrogens (primary N) is 1. The number of benzene rings is 1. The number of piperazine rings is 1. The number of carbonyl (C=O) groups excluding carboxylic acids is 2. The Morgan fingerprint density at radius 2 is 1.44 bits per heavy atom. The summed E-state index contributed by atoms with van der Waals surface area (Å²) < 4.78 is 0. The van der Waals surface area contributed by atoms with E-state index in [1.807, 2.05) is 40.1 Å². The van der Waals surface area contributed by atoms with Gasteiger partial charge in [-0.25, -0.2) is 0 Å². The molecule has 0 aromatic heterocycles. The number of likely N-dealkylation sites (tertiary alicyclic amines) is 1. The molecule has 1 aromatic rings. The maximum atomic E-state index is 12.5. The lowest BCUT2D eigenvalue weighted by Crippen LogP contribution is -2.52. The minimum atomic E-state index is -0.275. The van der Waals surface area contributed by atoms with E-state index in [1.165, 1.54) is 12.8 Å². The molecule has 2 aliphatic rings. The van der Waals surface area contributed by atoms with Gasteiger partial charge in [0.15, 0.2) is 0 Å². The highest BCUT2D eigenvalue weighted by atomic mass is 16.2. The van der Waals surface area contributed by atoms with Crippen LogP contribution in [0.5, 0.6) is 0 Å². The largest absolute Gasteiger partial charge is 0.339 e. The molecule has 2 N–H and O–H groups in total. The van der Waals surface area contributed by atoms with Gasteiger partial charge in [0.1, 0.15) is 0 Å². The zero-order valence-electron chi connectivity index (χ0n) is 14.8. The molecule has 6 heteroatoms. The first-order valence-corrected chi connectivity index (χ1v) is 9.22. The molecule has 2 heterocycles. The molecule has 3 rings (SSSR count). The van der Waals surface area contributed by atoms with Crippen LogP contribution in [0.4, 0.5) is 0 Å². The van der Waals surface area contributed by atoms with Crippen molar-refractivity contribution >= 4 is 11.8 Å². The summed E-state index contributed by atoms with van der Waals surface area (Å²) in [5, 5.41) is 0. The Kier molecular flexibility index (Phi) is 6.04. The molecule has 0 aliphatic carbocycles. The van der Waals surface area contributed by atoms with Gasteiger partial charge < -0.3 is 15.5 Å². The van der Waals surface area contributed by atoms with Gasteiger partial charge in [-0.3, -0.25) is 14.5 Å². The molecule has 0 bridgehead atoms. The summed E-state index contributed by atoms with van der Waals surface area (Å²) in [6.45, 7) is 5.03. The Morgan fingerprint density at radius 3 is 2.04 bits per heavy atom. The number of carbonyl (C=O) groups is 2. The quantitative estimate of drug-likeness (QED) is 0.859. The average molecular weight is 344 g/mol. The fourth-order valence-corrected chi connectivity index (χ4v) is 3.57. The lowest BCUT2D eigenvalue weighted by Gasteiger charge is -2.36. The second-order valence-electron chi connectivity index (χ2n) is 6.97. The molecule has 6 nitrogen and oxygen atoms in total. The van der Waals surface area contributed by atoms with Crippen LogP contribution in [0.1, 0.15) is 30.9 Å². The van der Waals surface area contributed by atoms with Gasteiger partial charge in [-0.15, -0.1) is 0 Å². The smallest absolute Gasteiger partial charge is 0.236 e. The highest BCUT2D eigenvalue weighted by Gasteiger charge is 2.26. The van der Waals surface area contributed by atoms with Crippen molar-refractivity contribution < 1.29 is 9.59 Å². The van der Waals surface area contributed by atoms with Crippen molar-refractivity contribution in [2.75, 3.05) is 45.8 Å². The highest BCUT2D eigenvalue weighted by Crippen LogP contribution is 2.16. The van der Waals surface area contributed by atoms with Gasteiger partial charge in [0.2, 0.25) is 11.8 Å². The number of amides is 2. The van der Waals surface area contributed by atoms with Crippen molar-refractivity contribution in [1.82, 2.24) is 14.7 Å². The first-order chi connectivity index (χ1) is 12.1. The van der Waals surface area contributed by atoms with E-state index in [9.17, 15) is 9.59 Å². The third kappa shape index (κ3) is 4.80. The molecule has 2 saturated heterocycles. The monoisotopic (exact) mass is 344 g/mol. The van der Waals surface area contributed by atoms with E-state index in [1.54, 1.807) is 0 Å². The molecule has 2 amide bonds. The Morgan fingerprint density at radius 1 is 0.880 bits per heavy atom. The SMILES string of the molecule is NC(CC(=O)N1CCN(C(=O)CN2CCCC2)CC1)c1ccccc1. The van der Waals surface area contributed by atoms with E-state index in [-0.39, 0.29) is 17.9 Å². The van der Waals surface area contributed by atoms with E-state index in [0.29, 0.717) is 39.1 Å². The third-order valence-electron chi connectivity index (χ3n) is 5.16. The van der Waals surface area contributed by atoms with Crippen molar-refractivity contribution in [3.63, 3.8) is 0 Å². The molecule has 0 radical (unpaired) electrons. The summed E-state index contributed by atoms with van der Waals surface area (Å²) in [4.78, 5) is 30.8. The zero-order valence-corrected chi connectivity index (χ0v) is 14.8. The summed E-state index contributed by atoms with van der Waals surface area (Å²) >= 11 is 0. The van der Waals surface area contributed by atoms with Gasteiger partial charge in [0.25, 0.3) is 0 Å². The van der Waals surface area contributed by atoms with Crippen LogP contribution < -0.4 is 5.73 Å². The van der Waals surface area contributed by atoms with Gasteiger partial charge in [0.05, 0.1) is 6.54 Å². The molecule has 1 atom stereocenters. The Bertz CT molecular complexity index is 578. The third-order valence-corrected chi connectivity index (χ3v) is 5.16. The molecule has 1 unspecified atom stereocenters. The van der Waals surface area contributed by atoms with Crippen LogP contribution in [0, 0.1) is 0 Å². The first kappa shape index (κ1) is 17.9. The van der Waals surface area contributed by atoms with Crippen LogP contribution in [0.15, 0.2) is 30.3 Å². The fraction of sp³-hybridized carbons (Fsp3) is 0.579. The van der Waals surface area contributed by atoms with Gasteiger partial charge in [-0.05, 0) is 31.5 Å². The molecule has 1 aromatic carbocycles. The highest BCUT2D eigenvalue weighted by molar-refractivity contribution is 5.80. The van der Waals surface area contributed by atoms with Crippen LogP contribution in [-0.4, -0.2) is 72.3 Å². The summed E-state index contributed by atoms with van der Waals surface area (Å²) in [5.74, 6) is 0.262. The molecule has 25 heavy (non-hydrogen) atoms. The lowest BCUT2D eigenvalue weighted by molar-refractivity contribution is -0.140. The van der Waals surface area contributed by atoms with E-state index in [2.05, 4.69) is 4.90 Å². The Labute approximate surface area is 149 Å². The normalized spacial score (nSPS) is 19.9. The van der Waals surface area contributed by atoms with Gasteiger partial charge in [0, 0.05) is 38.6 Å². The second kappa shape index (κ2) is 8.45. The Balaban J connectivity index is 1.43. The summed E-state index contributed by atoms with van der Waals surface area (Å²) in [5.41, 5.74) is 7.13. The predicted octanol–water partition coefficient (Wildman–Crippen LogP) is 0.843. The van der Waals surface area contributed by atoms with E-state index >= 15 is 0 Å². The van der Waals surface area contributed by atoms with E-state index in [4.69, 9.17) is 5.73 Å². The minimum absolute atomic E-state index is 0.0722. The average Bonchev–Trinajstić information content (AvgIpc) is 3.15. The fourth-order valence-electron chi connectivity index (χ4n) is 3.57. The maximum Gasteiger partial charge on any atom is 0.236 e. The Hall–Kier alpha value is -1.92. The minimum Gasteiger partial charge on any atom is -0.339 e. The lowest BCUT2D eigenvalue weighted by atomic mass is 10.0. The number of rotatable bonds is 5. The van der Waals surface area contributed by atoms with Crippen LogP contribution >= 0.6 is 0 Å². The summed E-state index contributed by atoms with van der Waals surface area (Å²) in [6.07, 6.45) is 2.69. The molecular weight excluding hydrogens is 316 g/mol. The maximum absolute atomic E-state index is 12.5. The van der Waals surface area contributed by atoms with Gasteiger partial charge in [-0.2, -0.15) is 0 Å². The van der Waals surface area contributed by atoms with Crippen molar-refractivity contribution in [3.05, 3.63) is 35.9 Å². The number of hydrogen-bond acceptors (Lipinski definition) is 4. The van der Waals surface area contributed by atoms with Crippen molar-refractivity contribution in [1.29, 1.82) is 0 Å². The molecular formula is C19H28N4O2. The predicted molar refractivity (Wildman–Crippen MR) is 96.8 cm³/mol. The van der Waals surface area contributed by atoms with E-state index in [0.717, 1.165) is 18.7 Å².